The summed E-state index contributed by atoms with van der Waals surface area (Å²) in [5.41, 5.74) is 11.0. The Balaban J connectivity index is 1.91. The molecule has 2 aromatic rings. The monoisotopic (exact) mass is 375 g/mol. The van der Waals surface area contributed by atoms with Crippen LogP contribution in [-0.4, -0.2) is 31.7 Å². The molecular weight excluding hydrogens is 354 g/mol. The summed E-state index contributed by atoms with van der Waals surface area (Å²) < 4.78 is 4.18. The van der Waals surface area contributed by atoms with Crippen molar-refractivity contribution >= 4 is 40.0 Å². The Hall–Kier alpha value is -2.75. The van der Waals surface area contributed by atoms with Gasteiger partial charge in [-0.05, 0) is 37.4 Å². The van der Waals surface area contributed by atoms with Crippen molar-refractivity contribution in [2.45, 2.75) is 44.6 Å². The lowest BCUT2D eigenvalue weighted by molar-refractivity contribution is -0.123. The smallest absolute Gasteiger partial charge is 0.271 e. The molecule has 1 aliphatic rings. The predicted molar refractivity (Wildman–Crippen MR) is 99.3 cm³/mol. The summed E-state index contributed by atoms with van der Waals surface area (Å²) in [5, 5.41) is 6.87. The van der Waals surface area contributed by atoms with Gasteiger partial charge in [-0.3, -0.25) is 9.59 Å². The number of aryl methyl sites for hydroxylation is 1. The van der Waals surface area contributed by atoms with Gasteiger partial charge in [-0.2, -0.15) is 4.37 Å². The molecule has 0 aromatic carbocycles. The molecule has 10 heteroatoms. The number of carbonyl (C=O) groups is 2. The summed E-state index contributed by atoms with van der Waals surface area (Å²) in [7, 11) is 0. The van der Waals surface area contributed by atoms with E-state index in [1.165, 1.54) is 17.7 Å². The highest BCUT2D eigenvalue weighted by Crippen LogP contribution is 2.32. The Labute approximate surface area is 154 Å². The molecule has 138 valence electrons. The third-order valence-electron chi connectivity index (χ3n) is 4.42. The van der Waals surface area contributed by atoms with Gasteiger partial charge < -0.3 is 22.1 Å². The van der Waals surface area contributed by atoms with Crippen molar-refractivity contribution in [1.29, 1.82) is 0 Å². The Morgan fingerprint density at radius 1 is 1.23 bits per heavy atom. The Morgan fingerprint density at radius 3 is 2.54 bits per heavy atom. The van der Waals surface area contributed by atoms with Crippen LogP contribution in [0.3, 0.4) is 0 Å². The van der Waals surface area contributed by atoms with Gasteiger partial charge in [0.1, 0.15) is 16.4 Å². The summed E-state index contributed by atoms with van der Waals surface area (Å²) in [4.78, 5) is 32.2. The number of anilines is 3. The molecule has 0 aliphatic heterocycles. The summed E-state index contributed by atoms with van der Waals surface area (Å²) >= 11 is 1.23. The van der Waals surface area contributed by atoms with E-state index >= 15 is 0 Å². The van der Waals surface area contributed by atoms with Crippen LogP contribution in [0.1, 0.15) is 48.3 Å². The number of primary amides is 2. The van der Waals surface area contributed by atoms with Crippen molar-refractivity contribution in [3.8, 4) is 0 Å². The lowest BCUT2D eigenvalue weighted by Crippen LogP contribution is -2.52. The van der Waals surface area contributed by atoms with Crippen LogP contribution < -0.4 is 22.1 Å². The van der Waals surface area contributed by atoms with Crippen molar-refractivity contribution in [3.63, 3.8) is 0 Å². The van der Waals surface area contributed by atoms with Crippen LogP contribution in [0.5, 0.6) is 0 Å². The van der Waals surface area contributed by atoms with E-state index in [4.69, 9.17) is 11.5 Å². The maximum atomic E-state index is 12.0. The number of nitrogens with two attached hydrogens (primary N) is 2. The first-order valence-electron chi connectivity index (χ1n) is 8.35. The van der Waals surface area contributed by atoms with Crippen LogP contribution in [0.4, 0.5) is 16.6 Å². The van der Waals surface area contributed by atoms with Gasteiger partial charge in [-0.15, -0.1) is 0 Å². The highest BCUT2D eigenvalue weighted by atomic mass is 32.1. The molecule has 0 radical (unpaired) electrons. The number of rotatable bonds is 6. The van der Waals surface area contributed by atoms with Crippen molar-refractivity contribution in [1.82, 2.24) is 14.3 Å². The predicted octanol–water partition coefficient (Wildman–Crippen LogP) is 1.68. The first kappa shape index (κ1) is 18.1. The second-order valence-corrected chi connectivity index (χ2v) is 7.21. The molecule has 1 aliphatic carbocycles. The summed E-state index contributed by atoms with van der Waals surface area (Å²) in [6.07, 6.45) is 5.56. The maximum absolute atomic E-state index is 12.0. The van der Waals surface area contributed by atoms with Gasteiger partial charge in [0.25, 0.3) is 5.91 Å². The molecule has 26 heavy (non-hydrogen) atoms. The molecule has 2 aromatic heterocycles. The molecule has 2 heterocycles. The van der Waals surface area contributed by atoms with E-state index in [9.17, 15) is 9.59 Å². The fourth-order valence-corrected chi connectivity index (χ4v) is 3.75. The zero-order valence-electron chi connectivity index (χ0n) is 14.4. The minimum atomic E-state index is -0.848. The summed E-state index contributed by atoms with van der Waals surface area (Å²) in [6.45, 7) is 1.86. The van der Waals surface area contributed by atoms with Crippen LogP contribution >= 0.6 is 11.5 Å². The van der Waals surface area contributed by atoms with Crippen LogP contribution in [0, 0.1) is 6.92 Å². The molecular formula is C16H21N7O2S. The molecule has 0 atom stereocenters. The summed E-state index contributed by atoms with van der Waals surface area (Å²) in [5.74, 6) is -0.540. The van der Waals surface area contributed by atoms with Crippen molar-refractivity contribution < 1.29 is 9.59 Å². The number of nitrogens with one attached hydrogen (secondary N) is 2. The molecule has 1 saturated carbocycles. The molecule has 0 saturated heterocycles. The minimum Gasteiger partial charge on any atom is -0.368 e. The van der Waals surface area contributed by atoms with E-state index in [2.05, 4.69) is 25.0 Å². The first-order valence-corrected chi connectivity index (χ1v) is 9.12. The minimum absolute atomic E-state index is 0.0124. The van der Waals surface area contributed by atoms with E-state index < -0.39 is 17.4 Å². The van der Waals surface area contributed by atoms with Crippen molar-refractivity contribution in [3.05, 3.63) is 23.7 Å². The third kappa shape index (κ3) is 3.74. The van der Waals surface area contributed by atoms with Gasteiger partial charge in [0.2, 0.25) is 5.91 Å². The highest BCUT2D eigenvalue weighted by molar-refractivity contribution is 7.10. The Bertz CT molecular complexity index is 830. The van der Waals surface area contributed by atoms with Gasteiger partial charge in [0, 0.05) is 0 Å². The Morgan fingerprint density at radius 2 is 1.96 bits per heavy atom. The van der Waals surface area contributed by atoms with Gasteiger partial charge in [0.05, 0.1) is 11.9 Å². The lowest BCUT2D eigenvalue weighted by atomic mass is 9.81. The van der Waals surface area contributed by atoms with E-state index in [1.54, 1.807) is 0 Å². The zero-order chi connectivity index (χ0) is 18.7. The molecule has 3 rings (SSSR count). The van der Waals surface area contributed by atoms with Crippen LogP contribution in [0.2, 0.25) is 0 Å². The van der Waals surface area contributed by atoms with Crippen LogP contribution in [0.25, 0.3) is 0 Å². The van der Waals surface area contributed by atoms with Gasteiger partial charge in [0.15, 0.2) is 11.5 Å². The number of hydrogen-bond donors (Lipinski definition) is 4. The van der Waals surface area contributed by atoms with Crippen molar-refractivity contribution in [2.75, 3.05) is 10.6 Å². The number of amides is 2. The first-order chi connectivity index (χ1) is 12.4. The summed E-state index contributed by atoms with van der Waals surface area (Å²) in [6, 6.07) is 1.82. The zero-order valence-corrected chi connectivity index (χ0v) is 15.2. The lowest BCUT2D eigenvalue weighted by Gasteiger charge is -2.35. The van der Waals surface area contributed by atoms with Crippen molar-refractivity contribution in [2.24, 2.45) is 11.5 Å². The molecule has 9 nitrogen and oxygen atoms in total. The maximum Gasteiger partial charge on any atom is 0.271 e. The van der Waals surface area contributed by atoms with E-state index in [0.29, 0.717) is 23.7 Å². The normalized spacial score (nSPS) is 16.0. The number of hydrogen-bond acceptors (Lipinski definition) is 8. The van der Waals surface area contributed by atoms with Gasteiger partial charge in [-0.25, -0.2) is 9.97 Å². The van der Waals surface area contributed by atoms with Gasteiger partial charge in [-0.1, -0.05) is 19.3 Å². The highest BCUT2D eigenvalue weighted by Gasteiger charge is 2.38. The average Bonchev–Trinajstić information content (AvgIpc) is 3.00. The second kappa shape index (κ2) is 7.24. The number of aromatic nitrogens is 3. The van der Waals surface area contributed by atoms with E-state index in [1.807, 2.05) is 13.0 Å². The standard InChI is InChI=1S/C16H21N7O2S/c1-9-7-11(26-23-9)21-14-12(13(17)24)19-8-10(20-14)22-16(15(18)25)5-3-2-4-6-16/h7-8H,2-6H2,1H3,(H2,17,24)(H2,18,25)(H2,20,21,22). The average molecular weight is 375 g/mol. The van der Waals surface area contributed by atoms with Crippen LogP contribution in [-0.2, 0) is 4.79 Å². The quantitative estimate of drug-likeness (QED) is 0.600. The fraction of sp³-hybridized carbons (Fsp3) is 0.438. The second-order valence-electron chi connectivity index (χ2n) is 6.41. The largest absolute Gasteiger partial charge is 0.368 e. The SMILES string of the molecule is Cc1cc(Nc2nc(NC3(C(N)=O)CCCCC3)cnc2C(N)=O)sn1. The number of nitrogens with zero attached hydrogens (tertiary/aromatic N) is 3. The van der Waals surface area contributed by atoms with Gasteiger partial charge >= 0.3 is 0 Å². The van der Waals surface area contributed by atoms with Crippen LogP contribution in [0.15, 0.2) is 12.3 Å². The molecule has 0 unspecified atom stereocenters. The molecule has 0 spiro atoms. The third-order valence-corrected chi connectivity index (χ3v) is 5.22. The van der Waals surface area contributed by atoms with E-state index in [-0.39, 0.29) is 11.5 Å². The molecule has 2 amide bonds. The molecule has 1 fully saturated rings. The Kier molecular flexibility index (Phi) is 5.03. The topological polar surface area (TPSA) is 149 Å². The fourth-order valence-electron chi connectivity index (χ4n) is 3.09. The number of carbonyl (C=O) groups excluding carboxylic acids is 2. The molecule has 0 bridgehead atoms. The molecule has 6 N–H and O–H groups in total. The van der Waals surface area contributed by atoms with E-state index in [0.717, 1.165) is 25.0 Å².